The fraction of sp³-hybridized carbons (Fsp3) is 0.818. The van der Waals surface area contributed by atoms with Crippen molar-refractivity contribution in [3.8, 4) is 0 Å². The van der Waals surface area contributed by atoms with Crippen LogP contribution in [0.3, 0.4) is 0 Å². The van der Waals surface area contributed by atoms with Gasteiger partial charge in [-0.05, 0) is 26.7 Å². The van der Waals surface area contributed by atoms with Gasteiger partial charge in [0.1, 0.15) is 0 Å². The first-order valence-electron chi connectivity index (χ1n) is 5.20. The minimum Gasteiger partial charge on any atom is -0.324 e. The quantitative estimate of drug-likeness (QED) is 0.674. The standard InChI is InChI=1S/C11H22N2/c1-4-11(3,12)9-13-7-5-6-10(2)8-13/h6H,4-5,7-9,12H2,1-3H3. The van der Waals surface area contributed by atoms with E-state index in [-0.39, 0.29) is 5.54 Å². The van der Waals surface area contributed by atoms with Crippen molar-refractivity contribution in [3.05, 3.63) is 11.6 Å². The molecule has 76 valence electrons. The summed E-state index contributed by atoms with van der Waals surface area (Å²) in [5.74, 6) is 0. The van der Waals surface area contributed by atoms with Crippen LogP contribution in [0.4, 0.5) is 0 Å². The normalized spacial score (nSPS) is 23.8. The second-order valence-corrected chi connectivity index (χ2v) is 4.56. The van der Waals surface area contributed by atoms with Gasteiger partial charge >= 0.3 is 0 Å². The highest BCUT2D eigenvalue weighted by atomic mass is 15.1. The van der Waals surface area contributed by atoms with E-state index in [2.05, 4.69) is 31.7 Å². The summed E-state index contributed by atoms with van der Waals surface area (Å²) in [5, 5.41) is 0. The van der Waals surface area contributed by atoms with E-state index in [1.165, 1.54) is 18.5 Å². The van der Waals surface area contributed by atoms with Gasteiger partial charge in [-0.1, -0.05) is 18.6 Å². The molecule has 0 saturated heterocycles. The van der Waals surface area contributed by atoms with Gasteiger partial charge in [0, 0.05) is 25.2 Å². The molecule has 0 amide bonds. The summed E-state index contributed by atoms with van der Waals surface area (Å²) in [7, 11) is 0. The van der Waals surface area contributed by atoms with Crippen molar-refractivity contribution < 1.29 is 0 Å². The van der Waals surface area contributed by atoms with Gasteiger partial charge in [-0.2, -0.15) is 0 Å². The average Bonchev–Trinajstić information content (AvgIpc) is 2.03. The number of rotatable bonds is 3. The number of hydrogen-bond donors (Lipinski definition) is 1. The van der Waals surface area contributed by atoms with Gasteiger partial charge in [-0.3, -0.25) is 4.90 Å². The molecule has 0 aliphatic carbocycles. The summed E-state index contributed by atoms with van der Waals surface area (Å²) in [6, 6.07) is 0. The fourth-order valence-electron chi connectivity index (χ4n) is 1.75. The van der Waals surface area contributed by atoms with Crippen molar-refractivity contribution >= 4 is 0 Å². The third-order valence-electron chi connectivity index (χ3n) is 2.80. The molecule has 1 rings (SSSR count). The summed E-state index contributed by atoms with van der Waals surface area (Å²) in [6.45, 7) is 9.80. The van der Waals surface area contributed by atoms with E-state index in [4.69, 9.17) is 5.73 Å². The molecule has 0 aromatic heterocycles. The molecule has 1 heterocycles. The maximum absolute atomic E-state index is 6.13. The van der Waals surface area contributed by atoms with Gasteiger partial charge in [0.25, 0.3) is 0 Å². The van der Waals surface area contributed by atoms with Crippen molar-refractivity contribution in [1.82, 2.24) is 4.90 Å². The molecule has 0 spiro atoms. The Hall–Kier alpha value is -0.340. The third-order valence-corrected chi connectivity index (χ3v) is 2.80. The first kappa shape index (κ1) is 10.7. The Morgan fingerprint density at radius 3 is 2.85 bits per heavy atom. The third kappa shape index (κ3) is 3.49. The van der Waals surface area contributed by atoms with Gasteiger partial charge in [0.15, 0.2) is 0 Å². The first-order valence-corrected chi connectivity index (χ1v) is 5.20. The van der Waals surface area contributed by atoms with Crippen LogP contribution in [0.15, 0.2) is 11.6 Å². The van der Waals surface area contributed by atoms with Gasteiger partial charge in [0.05, 0.1) is 0 Å². The topological polar surface area (TPSA) is 29.3 Å². The SMILES string of the molecule is CCC(C)(N)CN1CCC=C(C)C1. The van der Waals surface area contributed by atoms with E-state index in [9.17, 15) is 0 Å². The Kier molecular flexibility index (Phi) is 3.51. The number of nitrogens with zero attached hydrogens (tertiary/aromatic N) is 1. The molecular weight excluding hydrogens is 160 g/mol. The molecule has 0 fully saturated rings. The molecule has 0 saturated carbocycles. The predicted octanol–water partition coefficient (Wildman–Crippen LogP) is 1.77. The van der Waals surface area contributed by atoms with Crippen LogP contribution in [0, 0.1) is 0 Å². The molecule has 13 heavy (non-hydrogen) atoms. The zero-order chi connectivity index (χ0) is 9.90. The molecule has 1 unspecified atom stereocenters. The van der Waals surface area contributed by atoms with Crippen LogP contribution >= 0.6 is 0 Å². The summed E-state index contributed by atoms with van der Waals surface area (Å²) in [5.41, 5.74) is 7.60. The van der Waals surface area contributed by atoms with Gasteiger partial charge in [0.2, 0.25) is 0 Å². The van der Waals surface area contributed by atoms with E-state index < -0.39 is 0 Å². The highest BCUT2D eigenvalue weighted by molar-refractivity contribution is 5.05. The molecular formula is C11H22N2. The highest BCUT2D eigenvalue weighted by Gasteiger charge is 2.21. The monoisotopic (exact) mass is 182 g/mol. The molecule has 0 aromatic rings. The molecule has 1 aliphatic rings. The molecule has 1 atom stereocenters. The summed E-state index contributed by atoms with van der Waals surface area (Å²) < 4.78 is 0. The van der Waals surface area contributed by atoms with Crippen molar-refractivity contribution in [2.45, 2.75) is 39.2 Å². The predicted molar refractivity (Wildman–Crippen MR) is 57.7 cm³/mol. The van der Waals surface area contributed by atoms with Crippen molar-refractivity contribution in [1.29, 1.82) is 0 Å². The Morgan fingerprint density at radius 1 is 1.62 bits per heavy atom. The van der Waals surface area contributed by atoms with Crippen molar-refractivity contribution in [2.75, 3.05) is 19.6 Å². The molecule has 0 aromatic carbocycles. The lowest BCUT2D eigenvalue weighted by Gasteiger charge is -2.33. The molecule has 2 nitrogen and oxygen atoms in total. The second kappa shape index (κ2) is 4.25. The van der Waals surface area contributed by atoms with Crippen LogP contribution < -0.4 is 5.73 Å². The van der Waals surface area contributed by atoms with Gasteiger partial charge < -0.3 is 5.73 Å². The van der Waals surface area contributed by atoms with E-state index >= 15 is 0 Å². The van der Waals surface area contributed by atoms with Crippen LogP contribution in [0.5, 0.6) is 0 Å². The van der Waals surface area contributed by atoms with Gasteiger partial charge in [-0.25, -0.2) is 0 Å². The molecule has 0 radical (unpaired) electrons. The smallest absolute Gasteiger partial charge is 0.0252 e. The van der Waals surface area contributed by atoms with Crippen LogP contribution in [0.2, 0.25) is 0 Å². The lowest BCUT2D eigenvalue weighted by Crippen LogP contribution is -2.48. The summed E-state index contributed by atoms with van der Waals surface area (Å²) in [6.07, 6.45) is 4.56. The molecule has 0 bridgehead atoms. The van der Waals surface area contributed by atoms with Crippen LogP contribution in [-0.4, -0.2) is 30.1 Å². The summed E-state index contributed by atoms with van der Waals surface area (Å²) >= 11 is 0. The fourth-order valence-corrected chi connectivity index (χ4v) is 1.75. The minimum absolute atomic E-state index is 0.0162. The maximum atomic E-state index is 6.13. The van der Waals surface area contributed by atoms with Crippen LogP contribution in [0.25, 0.3) is 0 Å². The lowest BCUT2D eigenvalue weighted by molar-refractivity contribution is 0.224. The minimum atomic E-state index is -0.0162. The van der Waals surface area contributed by atoms with E-state index in [0.717, 1.165) is 19.5 Å². The average molecular weight is 182 g/mol. The first-order chi connectivity index (χ1) is 6.03. The molecule has 2 N–H and O–H groups in total. The Bertz CT molecular complexity index is 194. The maximum Gasteiger partial charge on any atom is 0.0252 e. The van der Waals surface area contributed by atoms with E-state index in [0.29, 0.717) is 0 Å². The molecule has 2 heteroatoms. The van der Waals surface area contributed by atoms with Gasteiger partial charge in [-0.15, -0.1) is 0 Å². The summed E-state index contributed by atoms with van der Waals surface area (Å²) in [4.78, 5) is 2.46. The number of hydrogen-bond acceptors (Lipinski definition) is 2. The number of nitrogens with two attached hydrogens (primary N) is 1. The zero-order valence-electron chi connectivity index (χ0n) is 9.14. The Morgan fingerprint density at radius 2 is 2.31 bits per heavy atom. The van der Waals surface area contributed by atoms with Crippen LogP contribution in [-0.2, 0) is 0 Å². The van der Waals surface area contributed by atoms with E-state index in [1.807, 2.05) is 0 Å². The van der Waals surface area contributed by atoms with Crippen molar-refractivity contribution in [2.24, 2.45) is 5.73 Å². The lowest BCUT2D eigenvalue weighted by atomic mass is 9.98. The second-order valence-electron chi connectivity index (χ2n) is 4.56. The highest BCUT2D eigenvalue weighted by Crippen LogP contribution is 2.13. The van der Waals surface area contributed by atoms with Crippen molar-refractivity contribution in [3.63, 3.8) is 0 Å². The zero-order valence-corrected chi connectivity index (χ0v) is 9.14. The largest absolute Gasteiger partial charge is 0.324 e. The Balaban J connectivity index is 2.42. The van der Waals surface area contributed by atoms with Crippen LogP contribution in [0.1, 0.15) is 33.6 Å². The van der Waals surface area contributed by atoms with E-state index in [1.54, 1.807) is 0 Å². The molecule has 1 aliphatic heterocycles. The Labute approximate surface area is 81.8 Å².